The summed E-state index contributed by atoms with van der Waals surface area (Å²) < 4.78 is 0. The number of hydrogen-bond acceptors (Lipinski definition) is 4. The third kappa shape index (κ3) is 2.92. The molecule has 20 heavy (non-hydrogen) atoms. The van der Waals surface area contributed by atoms with Gasteiger partial charge in [-0.1, -0.05) is 24.4 Å². The van der Waals surface area contributed by atoms with Gasteiger partial charge in [-0.15, -0.1) is 0 Å². The van der Waals surface area contributed by atoms with Crippen LogP contribution in [0, 0.1) is 5.41 Å². The van der Waals surface area contributed by atoms with E-state index in [1.54, 1.807) is 6.07 Å². The first-order chi connectivity index (χ1) is 9.71. The highest BCUT2D eigenvalue weighted by molar-refractivity contribution is 6.31. The van der Waals surface area contributed by atoms with Crippen molar-refractivity contribution >= 4 is 17.4 Å². The van der Waals surface area contributed by atoms with Crippen LogP contribution in [0.5, 0.6) is 0 Å². The minimum atomic E-state index is 0.661. The summed E-state index contributed by atoms with van der Waals surface area (Å²) in [6.45, 7) is 3.15. The Morgan fingerprint density at radius 3 is 2.55 bits per heavy atom. The standard InChI is InChI=1S/C15H23ClN4/c16-12-3-4-14(19-17)18-13(12)11-20-9-7-15(8-10-20)5-1-2-6-15/h3-4H,1-2,5-11,17H2,(H,18,19). The van der Waals surface area contributed by atoms with Gasteiger partial charge in [-0.2, -0.15) is 0 Å². The van der Waals surface area contributed by atoms with Gasteiger partial charge in [-0.3, -0.25) is 4.90 Å². The van der Waals surface area contributed by atoms with Crippen LogP contribution in [0.2, 0.25) is 5.02 Å². The zero-order valence-corrected chi connectivity index (χ0v) is 12.6. The van der Waals surface area contributed by atoms with E-state index in [0.717, 1.165) is 30.4 Å². The van der Waals surface area contributed by atoms with Gasteiger partial charge in [0.05, 0.1) is 10.7 Å². The number of nitrogen functional groups attached to an aromatic ring is 1. The van der Waals surface area contributed by atoms with E-state index in [4.69, 9.17) is 17.4 Å². The summed E-state index contributed by atoms with van der Waals surface area (Å²) in [6.07, 6.45) is 8.40. The number of pyridine rings is 1. The molecule has 0 amide bonds. The fraction of sp³-hybridized carbons (Fsp3) is 0.667. The zero-order valence-electron chi connectivity index (χ0n) is 11.9. The fourth-order valence-electron chi connectivity index (χ4n) is 3.70. The van der Waals surface area contributed by atoms with Gasteiger partial charge in [0.15, 0.2) is 0 Å². The van der Waals surface area contributed by atoms with Crippen molar-refractivity contribution in [3.05, 3.63) is 22.8 Å². The fourth-order valence-corrected chi connectivity index (χ4v) is 3.86. The normalized spacial score (nSPS) is 22.3. The molecule has 0 aromatic carbocycles. The molecule has 110 valence electrons. The summed E-state index contributed by atoms with van der Waals surface area (Å²) in [6, 6.07) is 3.66. The van der Waals surface area contributed by atoms with Gasteiger partial charge < -0.3 is 5.43 Å². The molecule has 0 bridgehead atoms. The van der Waals surface area contributed by atoms with Gasteiger partial charge in [-0.05, 0) is 56.3 Å². The van der Waals surface area contributed by atoms with E-state index < -0.39 is 0 Å². The van der Waals surface area contributed by atoms with Crippen LogP contribution in [0.3, 0.4) is 0 Å². The smallest absolute Gasteiger partial charge is 0.140 e. The van der Waals surface area contributed by atoms with Crippen molar-refractivity contribution in [3.63, 3.8) is 0 Å². The maximum Gasteiger partial charge on any atom is 0.140 e. The van der Waals surface area contributed by atoms with Gasteiger partial charge >= 0.3 is 0 Å². The average Bonchev–Trinajstić information content (AvgIpc) is 2.92. The molecule has 2 heterocycles. The molecule has 3 N–H and O–H groups in total. The highest BCUT2D eigenvalue weighted by Gasteiger charge is 2.36. The highest BCUT2D eigenvalue weighted by Crippen LogP contribution is 2.46. The Morgan fingerprint density at radius 2 is 1.90 bits per heavy atom. The predicted octanol–water partition coefficient (Wildman–Crippen LogP) is 3.18. The molecule has 0 radical (unpaired) electrons. The topological polar surface area (TPSA) is 54.2 Å². The van der Waals surface area contributed by atoms with Crippen LogP contribution in [-0.2, 0) is 6.54 Å². The first-order valence-electron chi connectivity index (χ1n) is 7.55. The number of aromatic nitrogens is 1. The number of piperidine rings is 1. The predicted molar refractivity (Wildman–Crippen MR) is 82.5 cm³/mol. The molecule has 4 nitrogen and oxygen atoms in total. The minimum Gasteiger partial charge on any atom is -0.308 e. The van der Waals surface area contributed by atoms with E-state index in [1.807, 2.05) is 6.07 Å². The first kappa shape index (κ1) is 14.1. The second kappa shape index (κ2) is 5.88. The number of likely N-dealkylation sites (tertiary alicyclic amines) is 1. The number of halogens is 1. The van der Waals surface area contributed by atoms with Gasteiger partial charge in [0.2, 0.25) is 0 Å². The first-order valence-corrected chi connectivity index (χ1v) is 7.93. The summed E-state index contributed by atoms with van der Waals surface area (Å²) in [4.78, 5) is 6.93. The SMILES string of the molecule is NNc1ccc(Cl)c(CN2CCC3(CCCC3)CC2)n1. The Kier molecular flexibility index (Phi) is 4.15. The van der Waals surface area contributed by atoms with Gasteiger partial charge in [0.1, 0.15) is 5.82 Å². The van der Waals surface area contributed by atoms with Gasteiger partial charge in [0, 0.05) is 6.54 Å². The molecule has 1 aliphatic carbocycles. The molecule has 2 fully saturated rings. The van der Waals surface area contributed by atoms with E-state index in [0.29, 0.717) is 11.2 Å². The van der Waals surface area contributed by atoms with Crippen molar-refractivity contribution in [2.75, 3.05) is 18.5 Å². The van der Waals surface area contributed by atoms with E-state index in [1.165, 1.54) is 38.5 Å². The van der Waals surface area contributed by atoms with E-state index in [-0.39, 0.29) is 0 Å². The molecule has 0 unspecified atom stereocenters. The third-order valence-electron chi connectivity index (χ3n) is 5.02. The molecule has 3 rings (SSSR count). The summed E-state index contributed by atoms with van der Waals surface area (Å²) in [5, 5.41) is 0.727. The molecular weight excluding hydrogens is 272 g/mol. The number of anilines is 1. The van der Waals surface area contributed by atoms with Crippen molar-refractivity contribution in [1.82, 2.24) is 9.88 Å². The van der Waals surface area contributed by atoms with Crippen molar-refractivity contribution in [2.45, 2.75) is 45.1 Å². The van der Waals surface area contributed by atoms with Gasteiger partial charge in [-0.25, -0.2) is 10.8 Å². The van der Waals surface area contributed by atoms with Crippen LogP contribution in [0.4, 0.5) is 5.82 Å². The zero-order chi connectivity index (χ0) is 14.0. The number of hydrogen-bond donors (Lipinski definition) is 2. The lowest BCUT2D eigenvalue weighted by molar-refractivity contribution is 0.103. The Balaban J connectivity index is 1.62. The summed E-state index contributed by atoms with van der Waals surface area (Å²) in [5.74, 6) is 6.09. The second-order valence-electron chi connectivity index (χ2n) is 6.25. The summed E-state index contributed by atoms with van der Waals surface area (Å²) in [7, 11) is 0. The Hall–Kier alpha value is -0.840. The molecule has 2 aliphatic rings. The van der Waals surface area contributed by atoms with Crippen molar-refractivity contribution in [3.8, 4) is 0 Å². The third-order valence-corrected chi connectivity index (χ3v) is 5.36. The van der Waals surface area contributed by atoms with E-state index in [9.17, 15) is 0 Å². The van der Waals surface area contributed by atoms with Crippen molar-refractivity contribution in [2.24, 2.45) is 11.3 Å². The largest absolute Gasteiger partial charge is 0.308 e. The number of nitrogens with one attached hydrogen (secondary N) is 1. The van der Waals surface area contributed by atoms with Crippen LogP contribution in [0.25, 0.3) is 0 Å². The number of rotatable bonds is 3. The van der Waals surface area contributed by atoms with E-state index in [2.05, 4.69) is 15.3 Å². The van der Waals surface area contributed by atoms with Crippen LogP contribution in [-0.4, -0.2) is 23.0 Å². The Bertz CT molecular complexity index is 461. The summed E-state index contributed by atoms with van der Waals surface area (Å²) in [5.41, 5.74) is 4.17. The molecule has 1 aromatic heterocycles. The monoisotopic (exact) mass is 294 g/mol. The van der Waals surface area contributed by atoms with Crippen LogP contribution < -0.4 is 11.3 Å². The number of nitrogens with zero attached hydrogens (tertiary/aromatic N) is 2. The molecule has 1 saturated heterocycles. The maximum atomic E-state index is 6.24. The summed E-state index contributed by atoms with van der Waals surface area (Å²) >= 11 is 6.24. The van der Waals surface area contributed by atoms with Crippen LogP contribution >= 0.6 is 11.6 Å². The number of nitrogens with two attached hydrogens (primary N) is 1. The quantitative estimate of drug-likeness (QED) is 0.664. The molecule has 0 atom stereocenters. The molecule has 1 spiro atoms. The van der Waals surface area contributed by atoms with Crippen LogP contribution in [0.15, 0.2) is 12.1 Å². The van der Waals surface area contributed by atoms with Crippen molar-refractivity contribution < 1.29 is 0 Å². The minimum absolute atomic E-state index is 0.661. The average molecular weight is 295 g/mol. The lowest BCUT2D eigenvalue weighted by atomic mass is 9.77. The Labute approximate surface area is 125 Å². The van der Waals surface area contributed by atoms with Crippen LogP contribution in [0.1, 0.15) is 44.2 Å². The lowest BCUT2D eigenvalue weighted by Gasteiger charge is -2.39. The highest BCUT2D eigenvalue weighted by atomic mass is 35.5. The Morgan fingerprint density at radius 1 is 1.20 bits per heavy atom. The van der Waals surface area contributed by atoms with Gasteiger partial charge in [0.25, 0.3) is 0 Å². The molecular formula is C15H23ClN4. The molecule has 1 aromatic rings. The lowest BCUT2D eigenvalue weighted by Crippen LogP contribution is -2.38. The maximum absolute atomic E-state index is 6.24. The van der Waals surface area contributed by atoms with Crippen molar-refractivity contribution in [1.29, 1.82) is 0 Å². The molecule has 5 heteroatoms. The second-order valence-corrected chi connectivity index (χ2v) is 6.66. The van der Waals surface area contributed by atoms with E-state index >= 15 is 0 Å². The number of hydrazine groups is 1. The molecule has 1 aliphatic heterocycles. The molecule has 1 saturated carbocycles.